The molecule has 0 bridgehead atoms. The van der Waals surface area contributed by atoms with Gasteiger partial charge in [-0.1, -0.05) is 28.1 Å². The van der Waals surface area contributed by atoms with Crippen molar-refractivity contribution in [2.45, 2.75) is 33.2 Å². The monoisotopic (exact) mass is 283 g/mol. The first-order valence-electron chi connectivity index (χ1n) is 5.39. The van der Waals surface area contributed by atoms with E-state index in [1.54, 1.807) is 6.92 Å². The highest BCUT2D eigenvalue weighted by atomic mass is 79.9. The molecule has 0 aromatic heterocycles. The molecule has 0 aliphatic rings. The van der Waals surface area contributed by atoms with Crippen molar-refractivity contribution in [2.24, 2.45) is 0 Å². The highest BCUT2D eigenvalue weighted by molar-refractivity contribution is 9.10. The van der Waals surface area contributed by atoms with Crippen LogP contribution in [0.4, 0.5) is 0 Å². The minimum atomic E-state index is -0.0834. The Hall–Kier alpha value is -0.670. The number of benzene rings is 1. The summed E-state index contributed by atoms with van der Waals surface area (Å²) in [6, 6.07) is 4.18. The molecule has 1 rings (SSSR count). The second-order valence-corrected chi connectivity index (χ2v) is 4.99. The van der Waals surface area contributed by atoms with Crippen LogP contribution in [0.3, 0.4) is 0 Å². The molecule has 0 radical (unpaired) electrons. The first-order valence-corrected chi connectivity index (χ1v) is 6.18. The predicted molar refractivity (Wildman–Crippen MR) is 70.8 cm³/mol. The Labute approximate surface area is 106 Å². The summed E-state index contributed by atoms with van der Waals surface area (Å²) in [5.74, 6) is 0.181. The zero-order valence-corrected chi connectivity index (χ0v) is 11.8. The number of ketones is 1. The van der Waals surface area contributed by atoms with Gasteiger partial charge < -0.3 is 5.32 Å². The Morgan fingerprint density at radius 2 is 1.88 bits per heavy atom. The standard InChI is InChI=1S/C13H18BrNO/c1-8-5-11(6-9(2)13(8)14)7-12(15-4)10(3)16/h5-6,12,15H,7H2,1-4H3. The van der Waals surface area contributed by atoms with Crippen LogP contribution in [0.2, 0.25) is 0 Å². The average molecular weight is 284 g/mol. The summed E-state index contributed by atoms with van der Waals surface area (Å²) in [6.45, 7) is 5.77. The van der Waals surface area contributed by atoms with Gasteiger partial charge in [-0.3, -0.25) is 4.79 Å². The summed E-state index contributed by atoms with van der Waals surface area (Å²) >= 11 is 3.54. The van der Waals surface area contributed by atoms with Gasteiger partial charge >= 0.3 is 0 Å². The van der Waals surface area contributed by atoms with Crippen LogP contribution < -0.4 is 5.32 Å². The van der Waals surface area contributed by atoms with E-state index in [9.17, 15) is 4.79 Å². The maximum atomic E-state index is 11.3. The molecule has 0 aliphatic carbocycles. The van der Waals surface area contributed by atoms with Gasteiger partial charge in [-0.2, -0.15) is 0 Å². The van der Waals surface area contributed by atoms with Gasteiger partial charge in [0, 0.05) is 4.47 Å². The lowest BCUT2D eigenvalue weighted by molar-refractivity contribution is -0.118. The van der Waals surface area contributed by atoms with E-state index in [4.69, 9.17) is 0 Å². The summed E-state index contributed by atoms with van der Waals surface area (Å²) in [5.41, 5.74) is 3.63. The maximum absolute atomic E-state index is 11.3. The first-order chi connectivity index (χ1) is 7.45. The lowest BCUT2D eigenvalue weighted by Gasteiger charge is -2.14. The molecule has 0 fully saturated rings. The summed E-state index contributed by atoms with van der Waals surface area (Å²) in [4.78, 5) is 11.3. The van der Waals surface area contributed by atoms with Crippen LogP contribution in [0.1, 0.15) is 23.6 Å². The molecular weight excluding hydrogens is 266 g/mol. The van der Waals surface area contributed by atoms with Crippen LogP contribution in [0.5, 0.6) is 0 Å². The molecule has 2 nitrogen and oxygen atoms in total. The topological polar surface area (TPSA) is 29.1 Å². The lowest BCUT2D eigenvalue weighted by atomic mass is 9.99. The minimum absolute atomic E-state index is 0.0834. The van der Waals surface area contributed by atoms with Crippen molar-refractivity contribution in [1.82, 2.24) is 5.32 Å². The number of likely N-dealkylation sites (N-methyl/N-ethyl adjacent to an activating group) is 1. The van der Waals surface area contributed by atoms with Crippen molar-refractivity contribution in [1.29, 1.82) is 0 Å². The highest BCUT2D eigenvalue weighted by Gasteiger charge is 2.13. The van der Waals surface area contributed by atoms with Crippen LogP contribution in [-0.2, 0) is 11.2 Å². The second-order valence-electron chi connectivity index (χ2n) is 4.20. The molecule has 0 amide bonds. The van der Waals surface area contributed by atoms with Crippen LogP contribution >= 0.6 is 15.9 Å². The van der Waals surface area contributed by atoms with Crippen molar-refractivity contribution >= 4 is 21.7 Å². The smallest absolute Gasteiger partial charge is 0.147 e. The Morgan fingerprint density at radius 1 is 1.38 bits per heavy atom. The maximum Gasteiger partial charge on any atom is 0.147 e. The van der Waals surface area contributed by atoms with Crippen LogP contribution in [0.15, 0.2) is 16.6 Å². The number of Topliss-reactive ketones (excluding diaryl/α,β-unsaturated/α-hetero) is 1. The molecule has 0 heterocycles. The Bertz CT molecular complexity index is 378. The second kappa shape index (κ2) is 5.60. The average Bonchev–Trinajstić information content (AvgIpc) is 2.21. The summed E-state index contributed by atoms with van der Waals surface area (Å²) in [5, 5.41) is 3.04. The largest absolute Gasteiger partial charge is 0.310 e. The number of carbonyl (C=O) groups excluding carboxylic acids is 1. The van der Waals surface area contributed by atoms with Gasteiger partial charge in [-0.05, 0) is 50.9 Å². The van der Waals surface area contributed by atoms with E-state index in [0.29, 0.717) is 0 Å². The third-order valence-corrected chi connectivity index (χ3v) is 4.03. The predicted octanol–water partition coefficient (Wildman–Crippen LogP) is 2.79. The number of nitrogens with one attached hydrogen (secondary N) is 1. The van der Waals surface area contributed by atoms with Gasteiger partial charge in [0.05, 0.1) is 6.04 Å². The molecule has 3 heteroatoms. The number of carbonyl (C=O) groups is 1. The van der Waals surface area contributed by atoms with Gasteiger partial charge in [0.25, 0.3) is 0 Å². The molecule has 0 aliphatic heterocycles. The van der Waals surface area contributed by atoms with E-state index in [0.717, 1.165) is 10.9 Å². The fourth-order valence-corrected chi connectivity index (χ4v) is 2.07. The minimum Gasteiger partial charge on any atom is -0.310 e. The van der Waals surface area contributed by atoms with Gasteiger partial charge in [0.15, 0.2) is 0 Å². The van der Waals surface area contributed by atoms with E-state index in [1.807, 2.05) is 7.05 Å². The van der Waals surface area contributed by atoms with E-state index in [2.05, 4.69) is 47.2 Å². The van der Waals surface area contributed by atoms with Crippen LogP contribution in [-0.4, -0.2) is 18.9 Å². The van der Waals surface area contributed by atoms with Gasteiger partial charge in [-0.15, -0.1) is 0 Å². The Kier molecular flexibility index (Phi) is 4.69. The van der Waals surface area contributed by atoms with Crippen molar-refractivity contribution in [3.8, 4) is 0 Å². The molecule has 16 heavy (non-hydrogen) atoms. The molecule has 1 atom stereocenters. The first kappa shape index (κ1) is 13.4. The summed E-state index contributed by atoms with van der Waals surface area (Å²) in [7, 11) is 1.82. The SMILES string of the molecule is CNC(Cc1cc(C)c(Br)c(C)c1)C(C)=O. The zero-order valence-electron chi connectivity index (χ0n) is 10.2. The molecule has 0 saturated carbocycles. The fourth-order valence-electron chi connectivity index (χ4n) is 1.84. The van der Waals surface area contributed by atoms with Crippen LogP contribution in [0, 0.1) is 13.8 Å². The number of hydrogen-bond donors (Lipinski definition) is 1. The fraction of sp³-hybridized carbons (Fsp3) is 0.462. The summed E-state index contributed by atoms with van der Waals surface area (Å²) < 4.78 is 1.15. The third kappa shape index (κ3) is 3.16. The molecule has 1 unspecified atom stereocenters. The molecule has 1 N–H and O–H groups in total. The highest BCUT2D eigenvalue weighted by Crippen LogP contribution is 2.23. The zero-order chi connectivity index (χ0) is 12.3. The van der Waals surface area contributed by atoms with Gasteiger partial charge in [-0.25, -0.2) is 0 Å². The van der Waals surface area contributed by atoms with Crippen molar-refractivity contribution < 1.29 is 4.79 Å². The third-order valence-electron chi connectivity index (χ3n) is 2.78. The van der Waals surface area contributed by atoms with Crippen molar-refractivity contribution in [3.05, 3.63) is 33.3 Å². The lowest BCUT2D eigenvalue weighted by Crippen LogP contribution is -2.34. The van der Waals surface area contributed by atoms with Crippen LogP contribution in [0.25, 0.3) is 0 Å². The number of aryl methyl sites for hydroxylation is 2. The Morgan fingerprint density at radius 3 is 2.25 bits per heavy atom. The Balaban J connectivity index is 2.93. The summed E-state index contributed by atoms with van der Waals surface area (Å²) in [6.07, 6.45) is 0.751. The molecular formula is C13H18BrNO. The van der Waals surface area contributed by atoms with E-state index in [1.165, 1.54) is 16.7 Å². The molecule has 1 aromatic carbocycles. The quantitative estimate of drug-likeness (QED) is 0.921. The normalized spacial score (nSPS) is 12.6. The molecule has 88 valence electrons. The molecule has 0 spiro atoms. The van der Waals surface area contributed by atoms with Crippen molar-refractivity contribution in [2.75, 3.05) is 7.05 Å². The van der Waals surface area contributed by atoms with E-state index >= 15 is 0 Å². The van der Waals surface area contributed by atoms with E-state index in [-0.39, 0.29) is 11.8 Å². The van der Waals surface area contributed by atoms with Crippen molar-refractivity contribution in [3.63, 3.8) is 0 Å². The van der Waals surface area contributed by atoms with Gasteiger partial charge in [0.2, 0.25) is 0 Å². The van der Waals surface area contributed by atoms with E-state index < -0.39 is 0 Å². The number of hydrogen-bond acceptors (Lipinski definition) is 2. The number of rotatable bonds is 4. The molecule has 1 aromatic rings. The number of halogens is 1. The van der Waals surface area contributed by atoms with Gasteiger partial charge in [0.1, 0.15) is 5.78 Å². The molecule has 0 saturated heterocycles.